The van der Waals surface area contributed by atoms with Gasteiger partial charge in [0.25, 0.3) is 0 Å². The predicted octanol–water partition coefficient (Wildman–Crippen LogP) is 3.88. The molecule has 0 atom stereocenters. The number of hydrogen-bond donors (Lipinski definition) is 0. The van der Waals surface area contributed by atoms with Crippen molar-refractivity contribution >= 4 is 11.5 Å². The first-order valence-corrected chi connectivity index (χ1v) is 11.8. The summed E-state index contributed by atoms with van der Waals surface area (Å²) in [6.07, 6.45) is 10.5. The summed E-state index contributed by atoms with van der Waals surface area (Å²) >= 11 is 0. The molecule has 0 spiro atoms. The minimum Gasteiger partial charge on any atom is -0.378 e. The smallest absolute Gasteiger partial charge is 0.136 e. The maximum Gasteiger partial charge on any atom is 0.136 e. The number of imidazole rings is 1. The number of nitrogens with zero attached hydrogens (tertiary/aromatic N) is 6. The summed E-state index contributed by atoms with van der Waals surface area (Å²) in [5, 5.41) is 0. The number of aromatic nitrogens is 5. The van der Waals surface area contributed by atoms with Crippen LogP contribution in [0.4, 0.5) is 5.82 Å². The summed E-state index contributed by atoms with van der Waals surface area (Å²) in [4.78, 5) is 21.4. The van der Waals surface area contributed by atoms with Gasteiger partial charge in [0, 0.05) is 55.6 Å². The Morgan fingerprint density at radius 2 is 1.79 bits per heavy atom. The SMILES string of the molecule is CCCCc1cccc(Cc2nc(Cc3ccn4ccnc4c3)cc(N3CCOCC3)n2)n1. The molecule has 4 aromatic heterocycles. The van der Waals surface area contributed by atoms with Crippen molar-refractivity contribution < 1.29 is 4.74 Å². The van der Waals surface area contributed by atoms with Crippen LogP contribution in [0.3, 0.4) is 0 Å². The van der Waals surface area contributed by atoms with Crippen molar-refractivity contribution in [2.24, 2.45) is 0 Å². The fraction of sp³-hybridized carbons (Fsp3) is 0.385. The summed E-state index contributed by atoms with van der Waals surface area (Å²) in [5.74, 6) is 1.79. The Balaban J connectivity index is 1.43. The first-order chi connectivity index (χ1) is 16.3. The van der Waals surface area contributed by atoms with Crippen molar-refractivity contribution in [1.82, 2.24) is 24.3 Å². The van der Waals surface area contributed by atoms with E-state index in [0.717, 1.165) is 79.9 Å². The molecule has 0 aliphatic carbocycles. The molecule has 1 aliphatic rings. The van der Waals surface area contributed by atoms with Crippen molar-refractivity contribution in [2.75, 3.05) is 31.2 Å². The van der Waals surface area contributed by atoms with E-state index in [1.807, 2.05) is 23.0 Å². The van der Waals surface area contributed by atoms with Crippen LogP contribution in [0.5, 0.6) is 0 Å². The van der Waals surface area contributed by atoms with Gasteiger partial charge in [-0.25, -0.2) is 15.0 Å². The predicted molar refractivity (Wildman–Crippen MR) is 129 cm³/mol. The highest BCUT2D eigenvalue weighted by Crippen LogP contribution is 2.19. The molecule has 0 aromatic carbocycles. The normalized spacial score (nSPS) is 14.2. The molecule has 1 fully saturated rings. The molecule has 0 amide bonds. The molecule has 0 N–H and O–H groups in total. The average Bonchev–Trinajstić information content (AvgIpc) is 3.31. The van der Waals surface area contributed by atoms with Crippen LogP contribution in [-0.2, 0) is 24.0 Å². The third kappa shape index (κ3) is 5.37. The Morgan fingerprint density at radius 1 is 0.909 bits per heavy atom. The zero-order valence-corrected chi connectivity index (χ0v) is 19.2. The van der Waals surface area contributed by atoms with E-state index in [1.54, 1.807) is 0 Å². The third-order valence-corrected chi connectivity index (χ3v) is 5.98. The molecule has 7 nitrogen and oxygen atoms in total. The molecule has 0 radical (unpaired) electrons. The Hall–Kier alpha value is -3.32. The second-order valence-corrected chi connectivity index (χ2v) is 8.54. The number of ether oxygens (including phenoxy) is 1. The molecular weight excluding hydrogens is 412 g/mol. The van der Waals surface area contributed by atoms with Crippen LogP contribution in [-0.4, -0.2) is 50.6 Å². The topological polar surface area (TPSA) is 68.4 Å². The fourth-order valence-corrected chi connectivity index (χ4v) is 4.22. The number of hydrogen-bond acceptors (Lipinski definition) is 6. The molecule has 1 aliphatic heterocycles. The minimum atomic E-state index is 0.629. The molecule has 4 aromatic rings. The van der Waals surface area contributed by atoms with Crippen molar-refractivity contribution in [3.05, 3.63) is 83.5 Å². The van der Waals surface area contributed by atoms with E-state index in [2.05, 4.69) is 53.2 Å². The second kappa shape index (κ2) is 10.1. The van der Waals surface area contributed by atoms with Gasteiger partial charge in [-0.1, -0.05) is 19.4 Å². The zero-order chi connectivity index (χ0) is 22.5. The van der Waals surface area contributed by atoms with Crippen molar-refractivity contribution in [2.45, 2.75) is 39.0 Å². The van der Waals surface area contributed by atoms with Gasteiger partial charge < -0.3 is 14.0 Å². The molecular formula is C26H30N6O. The molecule has 5 rings (SSSR count). The van der Waals surface area contributed by atoms with E-state index in [9.17, 15) is 0 Å². The summed E-state index contributed by atoms with van der Waals surface area (Å²) in [6.45, 7) is 5.36. The molecule has 170 valence electrons. The lowest BCUT2D eigenvalue weighted by Crippen LogP contribution is -2.37. The quantitative estimate of drug-likeness (QED) is 0.413. The van der Waals surface area contributed by atoms with Gasteiger partial charge in [0.15, 0.2) is 0 Å². The third-order valence-electron chi connectivity index (χ3n) is 5.98. The molecule has 0 saturated carbocycles. The number of aryl methyl sites for hydroxylation is 1. The van der Waals surface area contributed by atoms with Crippen LogP contribution >= 0.6 is 0 Å². The maximum absolute atomic E-state index is 5.55. The molecule has 33 heavy (non-hydrogen) atoms. The van der Waals surface area contributed by atoms with Gasteiger partial charge in [-0.2, -0.15) is 0 Å². The number of unbranched alkanes of at least 4 members (excludes halogenated alkanes) is 1. The van der Waals surface area contributed by atoms with Gasteiger partial charge in [-0.3, -0.25) is 4.98 Å². The Labute approximate surface area is 194 Å². The number of anilines is 1. The zero-order valence-electron chi connectivity index (χ0n) is 19.2. The molecule has 1 saturated heterocycles. The Kier molecular flexibility index (Phi) is 6.58. The van der Waals surface area contributed by atoms with Crippen LogP contribution < -0.4 is 4.90 Å². The van der Waals surface area contributed by atoms with E-state index < -0.39 is 0 Å². The lowest BCUT2D eigenvalue weighted by atomic mass is 10.1. The van der Waals surface area contributed by atoms with Crippen LogP contribution in [0, 0.1) is 0 Å². The van der Waals surface area contributed by atoms with Gasteiger partial charge in [-0.15, -0.1) is 0 Å². The molecule has 5 heterocycles. The summed E-state index contributed by atoms with van der Waals surface area (Å²) in [7, 11) is 0. The molecule has 0 unspecified atom stereocenters. The average molecular weight is 443 g/mol. The van der Waals surface area contributed by atoms with E-state index in [0.29, 0.717) is 6.42 Å². The number of pyridine rings is 2. The van der Waals surface area contributed by atoms with Crippen molar-refractivity contribution in [3.8, 4) is 0 Å². The van der Waals surface area contributed by atoms with E-state index in [1.165, 1.54) is 12.0 Å². The highest BCUT2D eigenvalue weighted by atomic mass is 16.5. The lowest BCUT2D eigenvalue weighted by Gasteiger charge is -2.28. The van der Waals surface area contributed by atoms with Crippen LogP contribution in [0.1, 0.15) is 48.2 Å². The van der Waals surface area contributed by atoms with Crippen LogP contribution in [0.15, 0.2) is 55.0 Å². The first-order valence-electron chi connectivity index (χ1n) is 11.8. The van der Waals surface area contributed by atoms with E-state index in [-0.39, 0.29) is 0 Å². The number of rotatable bonds is 8. The fourth-order valence-electron chi connectivity index (χ4n) is 4.22. The van der Waals surface area contributed by atoms with Crippen molar-refractivity contribution in [3.63, 3.8) is 0 Å². The van der Waals surface area contributed by atoms with Crippen LogP contribution in [0.2, 0.25) is 0 Å². The Morgan fingerprint density at radius 3 is 2.67 bits per heavy atom. The second-order valence-electron chi connectivity index (χ2n) is 8.54. The van der Waals surface area contributed by atoms with Gasteiger partial charge in [0.1, 0.15) is 17.3 Å². The Bertz CT molecular complexity index is 1210. The van der Waals surface area contributed by atoms with Gasteiger partial charge >= 0.3 is 0 Å². The summed E-state index contributed by atoms with van der Waals surface area (Å²) in [5.41, 5.74) is 5.31. The monoisotopic (exact) mass is 442 g/mol. The van der Waals surface area contributed by atoms with Crippen molar-refractivity contribution in [1.29, 1.82) is 0 Å². The standard InChI is InChI=1S/C26H30N6O/c1-2-3-5-21-6-4-7-22(28-21)18-24-29-23(19-26(30-24)32-12-14-33-15-13-32)16-20-8-10-31-11-9-27-25(31)17-20/h4,6-11,17,19H,2-3,5,12-16,18H2,1H3. The maximum atomic E-state index is 5.55. The van der Waals surface area contributed by atoms with Gasteiger partial charge in [-0.05, 0) is 42.7 Å². The minimum absolute atomic E-state index is 0.629. The van der Waals surface area contributed by atoms with Crippen LogP contribution in [0.25, 0.3) is 5.65 Å². The number of fused-ring (bicyclic) bond motifs is 1. The van der Waals surface area contributed by atoms with E-state index in [4.69, 9.17) is 19.7 Å². The summed E-state index contributed by atoms with van der Waals surface area (Å²) < 4.78 is 7.57. The first kappa shape index (κ1) is 21.5. The van der Waals surface area contributed by atoms with E-state index >= 15 is 0 Å². The van der Waals surface area contributed by atoms with Gasteiger partial charge in [0.2, 0.25) is 0 Å². The summed E-state index contributed by atoms with van der Waals surface area (Å²) in [6, 6.07) is 12.7. The van der Waals surface area contributed by atoms with Gasteiger partial charge in [0.05, 0.1) is 25.3 Å². The largest absolute Gasteiger partial charge is 0.378 e. The molecule has 0 bridgehead atoms. The highest BCUT2D eigenvalue weighted by Gasteiger charge is 2.16. The highest BCUT2D eigenvalue weighted by molar-refractivity contribution is 5.45. The molecule has 7 heteroatoms. The lowest BCUT2D eigenvalue weighted by molar-refractivity contribution is 0.122. The number of morpholine rings is 1.